The number of rotatable bonds is 5. The number of nitrogens with two attached hydrogens (primary N) is 1. The van der Waals surface area contributed by atoms with Crippen LogP contribution in [0.25, 0.3) is 32.1 Å². The van der Waals surface area contributed by atoms with Crippen LogP contribution in [0, 0.1) is 23.1 Å². The molecule has 0 aliphatic carbocycles. The van der Waals surface area contributed by atoms with E-state index in [1.165, 1.54) is 0 Å². The van der Waals surface area contributed by atoms with E-state index in [1.807, 2.05) is 0 Å². The standard InChI is InChI=1S/C33H29F7N6O2S/c34-23-6-5-19(24-21(10-41)29(42)49-28(23)24)25-22(32(35,36)37)9-20-27(26(25)33(38,39)40)44-31(47-13-14-7-17-3-4-18(8-14)48-17)45-30(20)46-11-15-1-2-16(12-46)43-15/h5-6,9,14-18,43H,1-4,7-8,11-13,42H2. The molecular formula is C33H29F7N6O2S. The Morgan fingerprint density at radius 1 is 1.02 bits per heavy atom. The molecule has 8 rings (SSSR count). The molecule has 16 heteroatoms. The molecule has 0 radical (unpaired) electrons. The van der Waals surface area contributed by atoms with Crippen molar-refractivity contribution < 1.29 is 40.2 Å². The van der Waals surface area contributed by atoms with E-state index in [9.17, 15) is 9.65 Å². The second-order valence-electron chi connectivity index (χ2n) is 13.3. The predicted octanol–water partition coefficient (Wildman–Crippen LogP) is 7.42. The smallest absolute Gasteiger partial charge is 0.419 e. The van der Waals surface area contributed by atoms with Crippen LogP contribution in [0.3, 0.4) is 0 Å². The first kappa shape index (κ1) is 32.3. The molecule has 258 valence electrons. The number of benzene rings is 2. The SMILES string of the molecule is N#Cc1c(N)sc2c(F)ccc(-c3c(C(F)(F)F)cc4c(N5CC6CCC(C5)N6)nc(OCC5CC6CCC(C5)O6)nc4c3C(F)(F)F)c12. The lowest BCUT2D eigenvalue weighted by Crippen LogP contribution is -2.51. The van der Waals surface area contributed by atoms with Gasteiger partial charge in [0.15, 0.2) is 0 Å². The predicted molar refractivity (Wildman–Crippen MR) is 168 cm³/mol. The van der Waals surface area contributed by atoms with Crippen LogP contribution in [-0.2, 0) is 17.1 Å². The van der Waals surface area contributed by atoms with Gasteiger partial charge in [-0.1, -0.05) is 6.07 Å². The fraction of sp³-hybridized carbons (Fsp3) is 0.485. The number of alkyl halides is 6. The van der Waals surface area contributed by atoms with Gasteiger partial charge in [-0.3, -0.25) is 0 Å². The molecule has 0 saturated carbocycles. The molecular weight excluding hydrogens is 677 g/mol. The van der Waals surface area contributed by atoms with E-state index in [-0.39, 0.29) is 58.3 Å². The minimum absolute atomic E-state index is 0.0183. The molecule has 4 aliphatic heterocycles. The van der Waals surface area contributed by atoms with Gasteiger partial charge in [0.05, 0.1) is 45.7 Å². The van der Waals surface area contributed by atoms with Gasteiger partial charge in [0, 0.05) is 41.5 Å². The third-order valence-corrected chi connectivity index (χ3v) is 11.1. The maximum atomic E-state index is 15.4. The maximum absolute atomic E-state index is 15.4. The number of hydrogen-bond acceptors (Lipinski definition) is 9. The molecule has 4 aliphatic rings. The second-order valence-corrected chi connectivity index (χ2v) is 14.3. The van der Waals surface area contributed by atoms with Crippen molar-refractivity contribution in [2.45, 2.75) is 75.2 Å². The highest BCUT2D eigenvalue weighted by molar-refractivity contribution is 7.23. The molecule has 3 N–H and O–H groups in total. The highest BCUT2D eigenvalue weighted by atomic mass is 32.1. The lowest BCUT2D eigenvalue weighted by Gasteiger charge is -2.35. The zero-order valence-corrected chi connectivity index (χ0v) is 26.5. The van der Waals surface area contributed by atoms with E-state index in [0.717, 1.165) is 37.8 Å². The minimum atomic E-state index is -5.39. The number of ether oxygens (including phenoxy) is 2. The van der Waals surface area contributed by atoms with Crippen molar-refractivity contribution in [3.05, 3.63) is 40.7 Å². The first-order valence-electron chi connectivity index (χ1n) is 16.0. The number of nitrogens with zero attached hydrogens (tertiary/aromatic N) is 4. The van der Waals surface area contributed by atoms with Crippen LogP contribution >= 0.6 is 11.3 Å². The highest BCUT2D eigenvalue weighted by Crippen LogP contribution is 2.52. The summed E-state index contributed by atoms with van der Waals surface area (Å²) in [6, 6.07) is 3.54. The van der Waals surface area contributed by atoms with E-state index in [2.05, 4.69) is 15.3 Å². The van der Waals surface area contributed by atoms with Gasteiger partial charge in [-0.05, 0) is 62.1 Å². The van der Waals surface area contributed by atoms with Crippen LogP contribution < -0.4 is 20.7 Å². The molecule has 4 unspecified atom stereocenters. The van der Waals surface area contributed by atoms with Crippen molar-refractivity contribution in [2.24, 2.45) is 5.92 Å². The number of piperazine rings is 1. The minimum Gasteiger partial charge on any atom is -0.463 e. The van der Waals surface area contributed by atoms with Crippen molar-refractivity contribution in [1.82, 2.24) is 15.3 Å². The summed E-state index contributed by atoms with van der Waals surface area (Å²) in [7, 11) is 0. The Balaban J connectivity index is 1.39. The highest BCUT2D eigenvalue weighted by Gasteiger charge is 2.46. The first-order valence-corrected chi connectivity index (χ1v) is 16.8. The average molecular weight is 707 g/mol. The van der Waals surface area contributed by atoms with Gasteiger partial charge in [-0.2, -0.15) is 41.6 Å². The van der Waals surface area contributed by atoms with Gasteiger partial charge in [0.2, 0.25) is 0 Å². The van der Waals surface area contributed by atoms with Gasteiger partial charge < -0.3 is 25.4 Å². The van der Waals surface area contributed by atoms with E-state index in [0.29, 0.717) is 43.3 Å². The van der Waals surface area contributed by atoms with E-state index in [1.54, 1.807) is 11.0 Å². The Morgan fingerprint density at radius 3 is 2.35 bits per heavy atom. The summed E-state index contributed by atoms with van der Waals surface area (Å²) in [6.45, 7) is 0.726. The molecule has 4 bridgehead atoms. The van der Waals surface area contributed by atoms with Crippen LogP contribution in [-0.4, -0.2) is 54.0 Å². The Kier molecular flexibility index (Phi) is 7.62. The maximum Gasteiger partial charge on any atom is 0.419 e. The molecule has 2 aromatic heterocycles. The monoisotopic (exact) mass is 706 g/mol. The molecule has 4 saturated heterocycles. The van der Waals surface area contributed by atoms with Crippen LogP contribution in [0.5, 0.6) is 6.01 Å². The summed E-state index contributed by atoms with van der Waals surface area (Å²) in [5.74, 6) is -0.986. The van der Waals surface area contributed by atoms with Crippen LogP contribution in [0.4, 0.5) is 41.6 Å². The molecule has 4 fully saturated rings. The molecule has 4 atom stereocenters. The topological polar surface area (TPSA) is 109 Å². The quantitative estimate of drug-likeness (QED) is 0.207. The number of hydrogen-bond donors (Lipinski definition) is 2. The number of nitrogens with one attached hydrogen (secondary N) is 1. The van der Waals surface area contributed by atoms with Gasteiger partial charge in [-0.25, -0.2) is 4.39 Å². The van der Waals surface area contributed by atoms with Crippen LogP contribution in [0.2, 0.25) is 0 Å². The summed E-state index contributed by atoms with van der Waals surface area (Å²) in [5, 5.41) is 12.1. The third kappa shape index (κ3) is 5.59. The molecule has 0 amide bonds. The van der Waals surface area contributed by atoms with Crippen molar-refractivity contribution in [2.75, 3.05) is 30.3 Å². The number of anilines is 2. The van der Waals surface area contributed by atoms with E-state index >= 15 is 26.3 Å². The number of halogens is 7. The molecule has 6 heterocycles. The Morgan fingerprint density at radius 2 is 1.71 bits per heavy atom. The fourth-order valence-corrected chi connectivity index (χ4v) is 9.04. The average Bonchev–Trinajstić information content (AvgIpc) is 3.69. The number of fused-ring (bicyclic) bond motifs is 6. The Bertz CT molecular complexity index is 2000. The van der Waals surface area contributed by atoms with Gasteiger partial charge >= 0.3 is 18.4 Å². The van der Waals surface area contributed by atoms with Crippen molar-refractivity contribution in [1.29, 1.82) is 5.26 Å². The zero-order valence-electron chi connectivity index (χ0n) is 25.7. The summed E-state index contributed by atoms with van der Waals surface area (Å²) < 4.78 is 118. The molecule has 4 aromatic rings. The number of nitrogen functional groups attached to an aromatic ring is 1. The number of thiophene rings is 1. The molecule has 2 aromatic carbocycles. The fourth-order valence-electron chi connectivity index (χ4n) is 8.09. The third-order valence-electron chi connectivity index (χ3n) is 10.1. The molecule has 0 spiro atoms. The largest absolute Gasteiger partial charge is 0.463 e. The second kappa shape index (κ2) is 11.6. The van der Waals surface area contributed by atoms with Gasteiger partial charge in [0.25, 0.3) is 0 Å². The van der Waals surface area contributed by atoms with Crippen LogP contribution in [0.1, 0.15) is 55.2 Å². The summed E-state index contributed by atoms with van der Waals surface area (Å²) in [4.78, 5) is 10.4. The van der Waals surface area contributed by atoms with Gasteiger partial charge in [0.1, 0.15) is 22.7 Å². The van der Waals surface area contributed by atoms with Crippen LogP contribution in [0.15, 0.2) is 18.2 Å². The summed E-state index contributed by atoms with van der Waals surface area (Å²) >= 11 is 0.574. The normalized spacial score (nSPS) is 25.3. The van der Waals surface area contributed by atoms with Crippen molar-refractivity contribution >= 4 is 43.1 Å². The zero-order chi connectivity index (χ0) is 34.4. The summed E-state index contributed by atoms with van der Waals surface area (Å²) in [5.41, 5.74) is -0.502. The van der Waals surface area contributed by atoms with Crippen molar-refractivity contribution in [3.8, 4) is 23.2 Å². The Hall–Kier alpha value is -3.94. The number of nitriles is 1. The lowest BCUT2D eigenvalue weighted by atomic mass is 9.88. The molecule has 8 nitrogen and oxygen atoms in total. The molecule has 49 heavy (non-hydrogen) atoms. The van der Waals surface area contributed by atoms with Crippen molar-refractivity contribution in [3.63, 3.8) is 0 Å². The number of aromatic nitrogens is 2. The Labute approximate surface area is 279 Å². The van der Waals surface area contributed by atoms with E-state index < -0.39 is 62.3 Å². The first-order chi connectivity index (χ1) is 23.3. The van der Waals surface area contributed by atoms with E-state index in [4.69, 9.17) is 15.2 Å². The summed E-state index contributed by atoms with van der Waals surface area (Å²) in [6.07, 6.45) is -5.70. The van der Waals surface area contributed by atoms with Gasteiger partial charge in [-0.15, -0.1) is 11.3 Å². The lowest BCUT2D eigenvalue weighted by molar-refractivity contribution is -0.141.